The smallest absolute Gasteiger partial charge is 0.291 e. The molecule has 420 valence electrons. The minimum Gasteiger partial charge on any atom is -0.394 e. The lowest BCUT2D eigenvalue weighted by atomic mass is 9.94. The highest BCUT2D eigenvalue weighted by Crippen LogP contribution is 2.39. The van der Waals surface area contributed by atoms with Crippen molar-refractivity contribution < 1.29 is 161 Å². The molecule has 34 heteroatoms. The van der Waals surface area contributed by atoms with Crippen LogP contribution in [0.2, 0.25) is 0 Å². The van der Waals surface area contributed by atoms with Crippen LogP contribution < -0.4 is 0 Å². The summed E-state index contributed by atoms with van der Waals surface area (Å²) < 4.78 is 108. The molecular formula is C38H64O33S. The molecule has 33 nitrogen and oxygen atoms in total. The summed E-state index contributed by atoms with van der Waals surface area (Å²) in [6.45, 7) is -5.61. The maximum Gasteiger partial charge on any atom is 0.291 e. The van der Waals surface area contributed by atoms with E-state index in [2.05, 4.69) is 0 Å². The molecule has 0 aromatic rings. The van der Waals surface area contributed by atoms with E-state index in [0.29, 0.717) is 0 Å². The van der Waals surface area contributed by atoms with Gasteiger partial charge in [-0.2, -0.15) is 8.42 Å². The van der Waals surface area contributed by atoms with E-state index in [1.807, 2.05) is 0 Å². The van der Waals surface area contributed by atoms with E-state index >= 15 is 0 Å². The first-order valence-corrected chi connectivity index (χ1v) is 24.1. The minimum absolute atomic E-state index is 0.804. The molecule has 22 saturated heterocycles. The van der Waals surface area contributed by atoms with Crippen molar-refractivity contribution in [3.8, 4) is 0 Å². The largest absolute Gasteiger partial charge is 0.394 e. The Morgan fingerprint density at radius 2 is 0.528 bits per heavy atom. The van der Waals surface area contributed by atoms with Gasteiger partial charge in [-0.25, -0.2) is 0 Å². The number of hydrogen-bond acceptors (Lipinski definition) is 32. The van der Waals surface area contributed by atoms with Gasteiger partial charge in [0, 0.05) is 0 Å². The van der Waals surface area contributed by atoms with Crippen molar-refractivity contribution in [1.29, 1.82) is 0 Å². The summed E-state index contributed by atoms with van der Waals surface area (Å²) in [6, 6.07) is 0. The van der Waals surface area contributed by atoms with Gasteiger partial charge < -0.3 is 148 Å². The number of aliphatic hydroxyl groups excluding tert-OH is 17. The van der Waals surface area contributed by atoms with E-state index in [9.17, 15) is 99.8 Å². The van der Waals surface area contributed by atoms with E-state index in [1.54, 1.807) is 0 Å². The van der Waals surface area contributed by atoms with Gasteiger partial charge in [-0.15, -0.1) is 0 Å². The Hall–Kier alpha value is -1.29. The lowest BCUT2D eigenvalue weighted by Gasteiger charge is -2.51. The van der Waals surface area contributed by atoms with E-state index in [1.165, 1.54) is 0 Å². The Kier molecular flexibility index (Phi) is 19.6. The molecule has 22 aliphatic rings. The number of rotatable bonds is 9. The molecule has 0 aliphatic carbocycles. The van der Waals surface area contributed by atoms with Gasteiger partial charge in [0.15, 0.2) is 43.2 Å². The summed E-state index contributed by atoms with van der Waals surface area (Å²) in [4.78, 5) is 0. The van der Waals surface area contributed by atoms with Crippen LogP contribution in [0.1, 0.15) is 6.92 Å². The summed E-state index contributed by atoms with van der Waals surface area (Å²) in [6.07, 6.45) is -61.1. The minimum atomic E-state index is -5.12. The average Bonchev–Trinajstić information content (AvgIpc) is 3.35. The first-order valence-electron chi connectivity index (χ1n) is 22.6. The zero-order valence-electron chi connectivity index (χ0n) is 37.7. The molecule has 72 heavy (non-hydrogen) atoms. The zero-order valence-corrected chi connectivity index (χ0v) is 38.5. The van der Waals surface area contributed by atoms with Crippen LogP contribution >= 0.6 is 0 Å². The fraction of sp³-hybridized carbons (Fsp3) is 1.00. The number of hydrogen-bond donors (Lipinski definition) is 18. The van der Waals surface area contributed by atoms with Gasteiger partial charge in [0.1, 0.15) is 146 Å². The highest BCUT2D eigenvalue weighted by Gasteiger charge is 2.59. The number of aliphatic hydroxyl groups is 17. The normalized spacial score (nSPS) is 52.4. The molecule has 22 aliphatic heterocycles. The molecule has 0 aromatic carbocycles. The predicted molar refractivity (Wildman–Crippen MR) is 216 cm³/mol. The molecule has 0 spiro atoms. The van der Waals surface area contributed by atoms with Gasteiger partial charge in [-0.1, -0.05) is 0 Å². The van der Waals surface area contributed by atoms with Crippen LogP contribution in [0, 0.1) is 0 Å². The van der Waals surface area contributed by atoms with E-state index < -0.39 is 239 Å². The van der Waals surface area contributed by atoms with E-state index in [4.69, 9.17) is 61.6 Å². The van der Waals surface area contributed by atoms with Gasteiger partial charge in [0.05, 0.1) is 39.6 Å². The Balaban J connectivity index is 1.23. The molecule has 22 rings (SSSR count). The van der Waals surface area contributed by atoms with Crippen LogP contribution in [0.4, 0.5) is 0 Å². The van der Waals surface area contributed by atoms with Crippen molar-refractivity contribution in [2.45, 2.75) is 197 Å². The van der Waals surface area contributed by atoms with Gasteiger partial charge in [-0.3, -0.25) is 4.55 Å². The molecule has 12 bridgehead atoms. The summed E-state index contributed by atoms with van der Waals surface area (Å²) in [7, 11) is -5.12. The van der Waals surface area contributed by atoms with E-state index in [-0.39, 0.29) is 0 Å². The fourth-order valence-electron chi connectivity index (χ4n) is 9.36. The maximum atomic E-state index is 12.2. The third kappa shape index (κ3) is 11.6. The SMILES string of the molecule is CC(O[C@@H]1[C@@H](O)[C@H]2O[C@H]3[C@H](O)[C@@H](O)[C@@H](O[C@H]4[C@H](O)[C@@H](O)[C@@H](O[C@H]5[C@H](O)[C@@H](O)[C@@H](O[C@H]6[C@H](O)[C@@H](O)[C@@H](O[C@H]7[C@H](O)[C@@H](O)[C@@H](O[C@H]1[C@@H](CO)O2)O[C@@H]7CO)O[C@@H]6CO)O[C@@H]5CO)O[C@@H]4CO)O[C@@H]3CO)S(=O)(=O)O. The molecule has 18 N–H and O–H groups in total. The van der Waals surface area contributed by atoms with Crippen molar-refractivity contribution >= 4 is 10.1 Å². The van der Waals surface area contributed by atoms with Gasteiger partial charge >= 0.3 is 0 Å². The standard InChI is InChI=1S/C38H64O33S/c1-8(72(56,57)58)59-32-25(55)38-65-14(7-44)31(32)71-37-24(54)19(49)29(12(5-42)64-37)69-35-22(52)17(47)27(10(3-40)62-35)67-33-20(50)15(45)26(9(2-39)60-33)66-34-21(51)16(46)28(11(4-41)61-34)68-36-23(53)18(48)30(70-38)13(6-43)63-36/h8-55H,2-7H2,1H3,(H,56,57,58)/t8?,9-,10-,11-,12-,13-,14-,15-,16-,17-,18-,19-,20-,21-,22-,23-,24-,25-,26-,27-,28-,29-,30-,31+,32-,33-,34-,35-,36-,37-,38-/m1/s1. The summed E-state index contributed by atoms with van der Waals surface area (Å²) in [5.74, 6) is 0. The summed E-state index contributed by atoms with van der Waals surface area (Å²) in [5, 5.41) is 187. The van der Waals surface area contributed by atoms with Crippen molar-refractivity contribution in [3.05, 3.63) is 0 Å². The molecular weight excluding hydrogens is 1020 g/mol. The number of ether oxygens (including phenoxy) is 13. The third-order valence-electron chi connectivity index (χ3n) is 13.4. The molecule has 22 fully saturated rings. The second-order valence-electron chi connectivity index (χ2n) is 18.0. The highest BCUT2D eigenvalue weighted by molar-refractivity contribution is 7.86. The fourth-order valence-corrected chi connectivity index (χ4v) is 9.63. The quantitative estimate of drug-likeness (QED) is 0.0954. The van der Waals surface area contributed by atoms with Gasteiger partial charge in [0.2, 0.25) is 0 Å². The molecule has 0 radical (unpaired) electrons. The van der Waals surface area contributed by atoms with Crippen LogP contribution in [0.3, 0.4) is 0 Å². The lowest BCUT2D eigenvalue weighted by molar-refractivity contribution is -0.405. The third-order valence-corrected chi connectivity index (χ3v) is 14.4. The molecule has 1 unspecified atom stereocenters. The molecule has 22 heterocycles. The van der Waals surface area contributed by atoms with Crippen LogP contribution in [0.25, 0.3) is 0 Å². The highest BCUT2D eigenvalue weighted by atomic mass is 32.2. The monoisotopic (exact) mass is 1080 g/mol. The average molecular weight is 1080 g/mol. The van der Waals surface area contributed by atoms with E-state index in [0.717, 1.165) is 6.92 Å². The van der Waals surface area contributed by atoms with Crippen LogP contribution in [0.5, 0.6) is 0 Å². The maximum absolute atomic E-state index is 12.2. The van der Waals surface area contributed by atoms with Crippen molar-refractivity contribution in [1.82, 2.24) is 0 Å². The molecule has 31 atom stereocenters. The molecule has 0 saturated carbocycles. The van der Waals surface area contributed by atoms with Gasteiger partial charge in [-0.05, 0) is 6.92 Å². The van der Waals surface area contributed by atoms with Crippen LogP contribution in [-0.4, -0.2) is 329 Å². The van der Waals surface area contributed by atoms with Crippen LogP contribution in [-0.2, 0) is 71.7 Å². The van der Waals surface area contributed by atoms with Crippen LogP contribution in [0.15, 0.2) is 0 Å². The topological polar surface area (TPSA) is 518 Å². The lowest BCUT2D eigenvalue weighted by Crippen LogP contribution is -2.69. The Morgan fingerprint density at radius 1 is 0.333 bits per heavy atom. The second-order valence-corrected chi connectivity index (χ2v) is 19.7. The second kappa shape index (κ2) is 24.2. The Morgan fingerprint density at radius 3 is 0.736 bits per heavy atom. The zero-order chi connectivity index (χ0) is 52.8. The van der Waals surface area contributed by atoms with Crippen molar-refractivity contribution in [2.75, 3.05) is 39.6 Å². The Labute approximate surface area is 407 Å². The first-order chi connectivity index (χ1) is 34.0. The predicted octanol–water partition coefficient (Wildman–Crippen LogP) is -12.8. The summed E-state index contributed by atoms with van der Waals surface area (Å²) >= 11 is 0. The molecule has 0 amide bonds. The van der Waals surface area contributed by atoms with Crippen molar-refractivity contribution in [3.63, 3.8) is 0 Å². The summed E-state index contributed by atoms with van der Waals surface area (Å²) in [5.41, 5.74) is -2.22. The first kappa shape index (κ1) is 58.4. The van der Waals surface area contributed by atoms with Crippen molar-refractivity contribution in [2.24, 2.45) is 0 Å². The van der Waals surface area contributed by atoms with Gasteiger partial charge in [0.25, 0.3) is 10.1 Å². The molecule has 0 aromatic heterocycles. The Bertz CT molecular complexity index is 1810.